The Morgan fingerprint density at radius 2 is 2.11 bits per heavy atom. The summed E-state index contributed by atoms with van der Waals surface area (Å²) in [6, 6.07) is 6.41. The predicted molar refractivity (Wildman–Crippen MR) is 136 cm³/mol. The van der Waals surface area contributed by atoms with Gasteiger partial charge in [0, 0.05) is 31.1 Å². The molecule has 200 valence electrons. The molecule has 38 heavy (non-hydrogen) atoms. The molecule has 2 aromatic rings. The number of carboxylic acid groups (broad SMARTS) is 1. The predicted octanol–water partition coefficient (Wildman–Crippen LogP) is 3.76. The van der Waals surface area contributed by atoms with E-state index in [2.05, 4.69) is 9.97 Å². The number of hydrogen-bond donors (Lipinski definition) is 1. The van der Waals surface area contributed by atoms with E-state index >= 15 is 0 Å². The third-order valence-corrected chi connectivity index (χ3v) is 7.53. The molecule has 2 atom stereocenters. The van der Waals surface area contributed by atoms with Crippen LogP contribution in [0.25, 0.3) is 0 Å². The van der Waals surface area contributed by atoms with Gasteiger partial charge in [0.15, 0.2) is 0 Å². The molecule has 2 aliphatic rings. The van der Waals surface area contributed by atoms with E-state index in [1.807, 2.05) is 6.07 Å². The highest BCUT2D eigenvalue weighted by Gasteiger charge is 2.47. The van der Waals surface area contributed by atoms with Crippen LogP contribution in [0.15, 0.2) is 18.2 Å². The van der Waals surface area contributed by atoms with Crippen LogP contribution in [-0.2, 0) is 27.8 Å². The summed E-state index contributed by atoms with van der Waals surface area (Å²) >= 11 is 12.5. The molecule has 1 saturated heterocycles. The molecule has 0 bridgehead atoms. The molecular formula is C24H24Cl2N6O6. The number of anilines is 1. The molecule has 1 aromatic carbocycles. The second-order valence-electron chi connectivity index (χ2n) is 9.21. The van der Waals surface area contributed by atoms with Crippen LogP contribution in [-0.4, -0.2) is 69.7 Å². The van der Waals surface area contributed by atoms with Crippen molar-refractivity contribution in [2.75, 3.05) is 31.6 Å². The minimum atomic E-state index is -1.27. The maximum absolute atomic E-state index is 13.3. The Hall–Kier alpha value is -3.69. The van der Waals surface area contributed by atoms with Crippen molar-refractivity contribution >= 4 is 46.8 Å². The molecule has 1 aliphatic heterocycles. The molecule has 1 aromatic heterocycles. The smallest absolute Gasteiger partial charge is 0.407 e. The number of nitriles is 1. The van der Waals surface area contributed by atoms with Crippen molar-refractivity contribution in [3.8, 4) is 6.07 Å². The average molecular weight is 563 g/mol. The van der Waals surface area contributed by atoms with Gasteiger partial charge in [-0.2, -0.15) is 10.2 Å². The van der Waals surface area contributed by atoms with Gasteiger partial charge in [0.2, 0.25) is 11.1 Å². The van der Waals surface area contributed by atoms with E-state index in [4.69, 9.17) is 27.9 Å². The zero-order valence-electron chi connectivity index (χ0n) is 20.4. The second-order valence-corrected chi connectivity index (χ2v) is 9.99. The minimum absolute atomic E-state index is 0.00302. The van der Waals surface area contributed by atoms with Crippen LogP contribution in [0.1, 0.15) is 36.1 Å². The van der Waals surface area contributed by atoms with Crippen molar-refractivity contribution in [3.05, 3.63) is 55.4 Å². The van der Waals surface area contributed by atoms with Gasteiger partial charge in [0.25, 0.3) is 0 Å². The largest absolute Gasteiger partial charge is 0.468 e. The first-order valence-electron chi connectivity index (χ1n) is 11.8. The summed E-state index contributed by atoms with van der Waals surface area (Å²) in [5, 5.41) is 31.4. The molecule has 0 spiro atoms. The first-order valence-corrected chi connectivity index (χ1v) is 12.6. The lowest BCUT2D eigenvalue weighted by Gasteiger charge is -2.39. The molecule has 0 saturated carbocycles. The van der Waals surface area contributed by atoms with Gasteiger partial charge in [0.1, 0.15) is 5.69 Å². The molecule has 1 unspecified atom stereocenters. The summed E-state index contributed by atoms with van der Waals surface area (Å²) in [7, 11) is 1.26. The van der Waals surface area contributed by atoms with Crippen molar-refractivity contribution in [1.29, 1.82) is 5.26 Å². The number of rotatable bonds is 6. The number of methoxy groups -OCH3 is 1. The van der Waals surface area contributed by atoms with Crippen LogP contribution in [0, 0.1) is 21.4 Å². The van der Waals surface area contributed by atoms with Gasteiger partial charge in [0.05, 0.1) is 36.0 Å². The number of esters is 1. The molecule has 0 radical (unpaired) electrons. The van der Waals surface area contributed by atoms with Gasteiger partial charge in [-0.1, -0.05) is 17.7 Å². The number of aromatic nitrogens is 2. The normalized spacial score (nSPS) is 20.8. The first kappa shape index (κ1) is 27.3. The molecule has 12 nitrogen and oxygen atoms in total. The number of ether oxygens (including phenoxy) is 1. The van der Waals surface area contributed by atoms with Gasteiger partial charge >= 0.3 is 17.7 Å². The van der Waals surface area contributed by atoms with Crippen molar-refractivity contribution in [2.45, 2.75) is 43.6 Å². The molecular weight excluding hydrogens is 539 g/mol. The lowest BCUT2D eigenvalue weighted by atomic mass is 9.67. The number of halogens is 2. The fourth-order valence-electron chi connectivity index (χ4n) is 5.47. The Morgan fingerprint density at radius 1 is 1.34 bits per heavy atom. The highest BCUT2D eigenvalue weighted by Crippen LogP contribution is 2.44. The summed E-state index contributed by atoms with van der Waals surface area (Å²) in [6.45, 7) is 0.0955. The fraction of sp³-hybridized carbons (Fsp3) is 0.458. The van der Waals surface area contributed by atoms with Gasteiger partial charge in [-0.25, -0.2) is 9.78 Å². The van der Waals surface area contributed by atoms with Crippen LogP contribution in [0.2, 0.25) is 10.3 Å². The molecule has 14 heteroatoms. The van der Waals surface area contributed by atoms with Crippen molar-refractivity contribution in [3.63, 3.8) is 0 Å². The van der Waals surface area contributed by atoms with Crippen LogP contribution in [0.4, 0.5) is 16.3 Å². The number of carbonyl (C=O) groups excluding carboxylic acids is 1. The first-order chi connectivity index (χ1) is 18.1. The number of nitro groups is 1. The molecule has 1 fully saturated rings. The molecule has 1 aliphatic carbocycles. The highest BCUT2D eigenvalue weighted by molar-refractivity contribution is 6.30. The van der Waals surface area contributed by atoms with E-state index in [0.717, 1.165) is 10.5 Å². The van der Waals surface area contributed by atoms with Crippen LogP contribution in [0.3, 0.4) is 0 Å². The Morgan fingerprint density at radius 3 is 2.76 bits per heavy atom. The minimum Gasteiger partial charge on any atom is -0.468 e. The van der Waals surface area contributed by atoms with Crippen LogP contribution in [0.5, 0.6) is 0 Å². The monoisotopic (exact) mass is 562 g/mol. The summed E-state index contributed by atoms with van der Waals surface area (Å²) in [4.78, 5) is 47.7. The zero-order valence-corrected chi connectivity index (χ0v) is 21.9. The Kier molecular flexibility index (Phi) is 7.89. The van der Waals surface area contributed by atoms with Crippen molar-refractivity contribution in [1.82, 2.24) is 14.9 Å². The SMILES string of the molecule is COC(=O)C1(Cc2nc(Cl)nc(N3CCN(C(=O)O)[C@@H](CC#N)C3)c2[N+](=O)[O-])CCCc2cc(Cl)ccc21. The van der Waals surface area contributed by atoms with E-state index in [1.165, 1.54) is 12.0 Å². The Labute approximate surface area is 227 Å². The summed E-state index contributed by atoms with van der Waals surface area (Å²) in [6.07, 6.45) is 0.209. The van der Waals surface area contributed by atoms with Crippen molar-refractivity contribution < 1.29 is 24.4 Å². The zero-order chi connectivity index (χ0) is 27.6. The molecule has 4 rings (SSSR count). The summed E-state index contributed by atoms with van der Waals surface area (Å²) in [5.74, 6) is -0.652. The van der Waals surface area contributed by atoms with E-state index in [-0.39, 0.29) is 49.3 Å². The fourth-order valence-corrected chi connectivity index (χ4v) is 5.85. The second kappa shape index (κ2) is 11.0. The van der Waals surface area contributed by atoms with Gasteiger partial charge in [-0.05, 0) is 54.1 Å². The van der Waals surface area contributed by atoms with E-state index < -0.39 is 34.1 Å². The van der Waals surface area contributed by atoms with Crippen LogP contribution >= 0.6 is 23.2 Å². The van der Waals surface area contributed by atoms with Gasteiger partial charge in [-0.15, -0.1) is 0 Å². The number of fused-ring (bicyclic) bond motifs is 1. The lowest BCUT2D eigenvalue weighted by Crippen LogP contribution is -2.55. The number of nitrogens with zero attached hydrogens (tertiary/aromatic N) is 6. The molecule has 1 N–H and O–H groups in total. The highest BCUT2D eigenvalue weighted by atomic mass is 35.5. The number of hydrogen-bond acceptors (Lipinski definition) is 9. The van der Waals surface area contributed by atoms with Crippen LogP contribution < -0.4 is 4.90 Å². The Balaban J connectivity index is 1.82. The number of benzene rings is 1. The third-order valence-electron chi connectivity index (χ3n) is 7.13. The van der Waals surface area contributed by atoms with Gasteiger partial charge < -0.3 is 19.6 Å². The average Bonchev–Trinajstić information content (AvgIpc) is 2.87. The van der Waals surface area contributed by atoms with E-state index in [0.29, 0.717) is 29.8 Å². The third kappa shape index (κ3) is 5.04. The maximum atomic E-state index is 13.3. The van der Waals surface area contributed by atoms with Crippen molar-refractivity contribution in [2.24, 2.45) is 0 Å². The quantitative estimate of drug-likeness (QED) is 0.237. The summed E-state index contributed by atoms with van der Waals surface area (Å²) in [5.41, 5.74) is -0.233. The number of piperazine rings is 1. The summed E-state index contributed by atoms with van der Waals surface area (Å²) < 4.78 is 5.18. The van der Waals surface area contributed by atoms with E-state index in [1.54, 1.807) is 18.2 Å². The number of carbonyl (C=O) groups is 2. The van der Waals surface area contributed by atoms with Gasteiger partial charge in [-0.3, -0.25) is 14.9 Å². The number of amides is 1. The lowest BCUT2D eigenvalue weighted by molar-refractivity contribution is -0.385. The molecule has 2 heterocycles. The van der Waals surface area contributed by atoms with E-state index in [9.17, 15) is 30.1 Å². The Bertz CT molecular complexity index is 1330. The number of aryl methyl sites for hydroxylation is 1. The standard InChI is InChI=1S/C24H24Cl2N6O6/c1-38-21(33)24(7-2-3-14-11-15(25)4-5-17(14)24)12-18-19(32(36)37)20(29-22(26)28-18)30-9-10-31(23(34)35)16(13-30)6-8-27/h4-5,11,16H,2-3,6-7,9-10,12-13H2,1H3,(H,34,35)/t16-,24?/m0/s1. The topological polar surface area (TPSA) is 163 Å². The molecule has 1 amide bonds. The maximum Gasteiger partial charge on any atom is 0.407 e.